The van der Waals surface area contributed by atoms with Crippen LogP contribution in [0.25, 0.3) is 0 Å². The van der Waals surface area contributed by atoms with Crippen LogP contribution in [0.5, 0.6) is 5.75 Å². The quantitative estimate of drug-likeness (QED) is 0.860. The SMILES string of the molecule is N#Cc1ccc(OC(F)(F)F)c(C(=O)O)c1CN. The van der Waals surface area contributed by atoms with E-state index in [9.17, 15) is 18.0 Å². The van der Waals surface area contributed by atoms with Gasteiger partial charge in [-0.3, -0.25) is 0 Å². The summed E-state index contributed by atoms with van der Waals surface area (Å²) in [6.45, 7) is -0.389. The molecule has 0 radical (unpaired) electrons. The number of benzene rings is 1. The summed E-state index contributed by atoms with van der Waals surface area (Å²) in [5, 5.41) is 17.6. The van der Waals surface area contributed by atoms with Gasteiger partial charge in [0.2, 0.25) is 0 Å². The van der Waals surface area contributed by atoms with Gasteiger partial charge in [0.1, 0.15) is 11.3 Å². The van der Waals surface area contributed by atoms with Crippen molar-refractivity contribution in [2.75, 3.05) is 0 Å². The molecule has 0 spiro atoms. The molecule has 96 valence electrons. The van der Waals surface area contributed by atoms with Crippen LogP contribution in [0, 0.1) is 11.3 Å². The number of nitrogens with zero attached hydrogens (tertiary/aromatic N) is 1. The van der Waals surface area contributed by atoms with Crippen molar-refractivity contribution in [3.05, 3.63) is 28.8 Å². The van der Waals surface area contributed by atoms with Crippen molar-refractivity contribution in [2.45, 2.75) is 12.9 Å². The third-order valence-electron chi connectivity index (χ3n) is 2.04. The largest absolute Gasteiger partial charge is 0.573 e. The first-order chi connectivity index (χ1) is 8.30. The topological polar surface area (TPSA) is 96.3 Å². The minimum Gasteiger partial charge on any atom is -0.478 e. The Kier molecular flexibility index (Phi) is 3.78. The first kappa shape index (κ1) is 13.8. The number of aromatic carboxylic acids is 1. The first-order valence-electron chi connectivity index (χ1n) is 4.55. The van der Waals surface area contributed by atoms with Gasteiger partial charge in [-0.25, -0.2) is 4.79 Å². The maximum atomic E-state index is 12.1. The maximum Gasteiger partial charge on any atom is 0.573 e. The molecule has 0 unspecified atom stereocenters. The summed E-state index contributed by atoms with van der Waals surface area (Å²) < 4.78 is 39.9. The molecule has 1 aromatic rings. The third-order valence-corrected chi connectivity index (χ3v) is 2.04. The first-order valence-corrected chi connectivity index (χ1v) is 4.55. The molecular formula is C10H7F3N2O3. The van der Waals surface area contributed by atoms with Crippen molar-refractivity contribution >= 4 is 5.97 Å². The smallest absolute Gasteiger partial charge is 0.478 e. The van der Waals surface area contributed by atoms with E-state index < -0.39 is 23.6 Å². The molecule has 3 N–H and O–H groups in total. The minimum absolute atomic E-state index is 0.107. The number of hydrogen-bond donors (Lipinski definition) is 2. The van der Waals surface area contributed by atoms with Gasteiger partial charge in [0.05, 0.1) is 11.6 Å². The Morgan fingerprint density at radius 3 is 2.50 bits per heavy atom. The van der Waals surface area contributed by atoms with E-state index in [4.69, 9.17) is 16.1 Å². The second kappa shape index (κ2) is 4.93. The highest BCUT2D eigenvalue weighted by Gasteiger charge is 2.34. The number of ether oxygens (including phenoxy) is 1. The number of nitrogens with two attached hydrogens (primary N) is 1. The Bertz CT molecular complexity index is 520. The monoisotopic (exact) mass is 260 g/mol. The number of carboxylic acid groups (broad SMARTS) is 1. The summed E-state index contributed by atoms with van der Waals surface area (Å²) in [7, 11) is 0. The zero-order valence-corrected chi connectivity index (χ0v) is 8.78. The lowest BCUT2D eigenvalue weighted by molar-refractivity contribution is -0.274. The lowest BCUT2D eigenvalue weighted by atomic mass is 10.0. The van der Waals surface area contributed by atoms with Gasteiger partial charge in [0, 0.05) is 12.1 Å². The van der Waals surface area contributed by atoms with Gasteiger partial charge in [0.15, 0.2) is 0 Å². The molecule has 0 amide bonds. The van der Waals surface area contributed by atoms with Crippen molar-refractivity contribution in [2.24, 2.45) is 5.73 Å². The summed E-state index contributed by atoms with van der Waals surface area (Å²) in [5.41, 5.74) is 4.18. The second-order valence-electron chi connectivity index (χ2n) is 3.13. The molecule has 0 aliphatic rings. The molecule has 0 bridgehead atoms. The van der Waals surface area contributed by atoms with Gasteiger partial charge < -0.3 is 15.6 Å². The number of carbonyl (C=O) groups is 1. The molecule has 18 heavy (non-hydrogen) atoms. The van der Waals surface area contributed by atoms with Crippen LogP contribution in [0.15, 0.2) is 12.1 Å². The molecule has 0 saturated heterocycles. The van der Waals surface area contributed by atoms with Crippen LogP contribution in [0.1, 0.15) is 21.5 Å². The van der Waals surface area contributed by atoms with Crippen LogP contribution < -0.4 is 10.5 Å². The predicted octanol–water partition coefficient (Wildman–Crippen LogP) is 1.61. The van der Waals surface area contributed by atoms with Gasteiger partial charge in [0.25, 0.3) is 0 Å². The van der Waals surface area contributed by atoms with Crippen molar-refractivity contribution in [3.63, 3.8) is 0 Å². The maximum absolute atomic E-state index is 12.1. The molecule has 0 aliphatic heterocycles. The average Bonchev–Trinajstić information content (AvgIpc) is 2.25. The molecule has 0 atom stereocenters. The zero-order chi connectivity index (χ0) is 13.9. The van der Waals surface area contributed by atoms with Crippen molar-refractivity contribution in [1.29, 1.82) is 5.26 Å². The number of hydrogen-bond acceptors (Lipinski definition) is 4. The van der Waals surface area contributed by atoms with E-state index in [1.54, 1.807) is 6.07 Å². The Labute approximate surface area is 99.2 Å². The number of alkyl halides is 3. The Balaban J connectivity index is 3.46. The summed E-state index contributed by atoms with van der Waals surface area (Å²) in [6, 6.07) is 3.45. The molecule has 8 heteroatoms. The van der Waals surface area contributed by atoms with Crippen molar-refractivity contribution < 1.29 is 27.8 Å². The van der Waals surface area contributed by atoms with E-state index in [0.29, 0.717) is 0 Å². The van der Waals surface area contributed by atoms with Gasteiger partial charge >= 0.3 is 12.3 Å². The highest BCUT2D eigenvalue weighted by molar-refractivity contribution is 5.93. The molecule has 0 aliphatic carbocycles. The lowest BCUT2D eigenvalue weighted by Crippen LogP contribution is -2.20. The van der Waals surface area contributed by atoms with Crippen LogP contribution in [0.2, 0.25) is 0 Å². The molecule has 1 rings (SSSR count). The van der Waals surface area contributed by atoms with Crippen LogP contribution >= 0.6 is 0 Å². The Morgan fingerprint density at radius 2 is 2.11 bits per heavy atom. The molecule has 1 aromatic carbocycles. The normalized spacial score (nSPS) is 10.8. The number of rotatable bonds is 3. The molecule has 0 fully saturated rings. The van der Waals surface area contributed by atoms with Gasteiger partial charge in [-0.2, -0.15) is 5.26 Å². The fourth-order valence-electron chi connectivity index (χ4n) is 1.39. The molecule has 0 saturated carbocycles. The lowest BCUT2D eigenvalue weighted by Gasteiger charge is -2.14. The molecular weight excluding hydrogens is 253 g/mol. The van der Waals surface area contributed by atoms with E-state index in [1.165, 1.54) is 0 Å². The second-order valence-corrected chi connectivity index (χ2v) is 3.13. The summed E-state index contributed by atoms with van der Waals surface area (Å²) in [6.07, 6.45) is -5.02. The van der Waals surface area contributed by atoms with E-state index >= 15 is 0 Å². The Hall–Kier alpha value is -2.27. The van der Waals surface area contributed by atoms with Crippen molar-refractivity contribution in [1.82, 2.24) is 0 Å². The summed E-state index contributed by atoms with van der Waals surface area (Å²) in [5.74, 6) is -2.54. The van der Waals surface area contributed by atoms with Crippen molar-refractivity contribution in [3.8, 4) is 11.8 Å². The van der Waals surface area contributed by atoms with Crippen LogP contribution in [-0.4, -0.2) is 17.4 Å². The number of nitriles is 1. The number of carboxylic acids is 1. The highest BCUT2D eigenvalue weighted by atomic mass is 19.4. The fraction of sp³-hybridized carbons (Fsp3) is 0.200. The molecule has 0 aromatic heterocycles. The van der Waals surface area contributed by atoms with Gasteiger partial charge in [-0.1, -0.05) is 0 Å². The van der Waals surface area contributed by atoms with Crippen LogP contribution in [0.4, 0.5) is 13.2 Å². The van der Waals surface area contributed by atoms with Gasteiger partial charge in [-0.15, -0.1) is 13.2 Å². The summed E-state index contributed by atoms with van der Waals surface area (Å²) >= 11 is 0. The standard InChI is InChI=1S/C10H7F3N2O3/c11-10(12,13)18-7-2-1-5(3-14)6(4-15)8(7)9(16)17/h1-2H,4,15H2,(H,16,17). The molecule has 5 nitrogen and oxygen atoms in total. The third kappa shape index (κ3) is 2.89. The van der Waals surface area contributed by atoms with Gasteiger partial charge in [-0.05, 0) is 12.1 Å². The Morgan fingerprint density at radius 1 is 1.50 bits per heavy atom. The highest BCUT2D eigenvalue weighted by Crippen LogP contribution is 2.30. The zero-order valence-electron chi connectivity index (χ0n) is 8.78. The van der Waals surface area contributed by atoms with E-state index in [0.717, 1.165) is 12.1 Å². The van der Waals surface area contributed by atoms with Crippen LogP contribution in [-0.2, 0) is 6.54 Å². The number of halogens is 3. The van der Waals surface area contributed by atoms with E-state index in [-0.39, 0.29) is 17.7 Å². The average molecular weight is 260 g/mol. The van der Waals surface area contributed by atoms with E-state index in [1.807, 2.05) is 0 Å². The minimum atomic E-state index is -5.02. The predicted molar refractivity (Wildman–Crippen MR) is 52.7 cm³/mol. The molecule has 0 heterocycles. The van der Waals surface area contributed by atoms with E-state index in [2.05, 4.69) is 4.74 Å². The fourth-order valence-corrected chi connectivity index (χ4v) is 1.39. The van der Waals surface area contributed by atoms with Crippen LogP contribution in [0.3, 0.4) is 0 Å². The summed E-state index contributed by atoms with van der Waals surface area (Å²) in [4.78, 5) is 10.9.